The average molecular weight is 338 g/mol. The number of nitrogens with zero attached hydrogens (tertiary/aromatic N) is 2. The number of Topliss-reactive ketones (excluding diaryl/α,β-unsaturated/α-hetero) is 2. The van der Waals surface area contributed by atoms with Crippen LogP contribution in [0.15, 0.2) is 48.5 Å². The van der Waals surface area contributed by atoms with Crippen LogP contribution in [0.1, 0.15) is 32.2 Å². The minimum atomic E-state index is -1.73. The fourth-order valence-corrected chi connectivity index (χ4v) is 3.89. The number of nitro groups is 2. The molecular weight excluding hydrogens is 328 g/mol. The predicted molar refractivity (Wildman–Crippen MR) is 84.2 cm³/mol. The van der Waals surface area contributed by atoms with Crippen LogP contribution in [0.3, 0.4) is 0 Å². The van der Waals surface area contributed by atoms with Crippen molar-refractivity contribution >= 4 is 17.3 Å². The molecule has 0 heterocycles. The van der Waals surface area contributed by atoms with E-state index in [1.165, 1.54) is 36.4 Å². The van der Waals surface area contributed by atoms with E-state index >= 15 is 0 Å². The molecule has 0 aliphatic heterocycles. The molecule has 8 heteroatoms. The Balaban J connectivity index is 1.82. The second-order valence-electron chi connectivity index (χ2n) is 6.13. The smallest absolute Gasteiger partial charge is 0.269 e. The second-order valence-corrected chi connectivity index (χ2v) is 6.13. The molecule has 4 rings (SSSR count). The van der Waals surface area contributed by atoms with E-state index in [-0.39, 0.29) is 16.8 Å². The number of hydrogen-bond acceptors (Lipinski definition) is 6. The molecule has 2 aromatic rings. The summed E-state index contributed by atoms with van der Waals surface area (Å²) in [6.45, 7) is 0. The summed E-state index contributed by atoms with van der Waals surface area (Å²) in [7, 11) is 0. The first-order chi connectivity index (χ1) is 11.9. The molecule has 8 nitrogen and oxygen atoms in total. The van der Waals surface area contributed by atoms with Crippen molar-refractivity contribution in [1.82, 2.24) is 0 Å². The molecule has 2 atom stereocenters. The maximum atomic E-state index is 12.8. The Labute approximate surface area is 140 Å². The zero-order chi connectivity index (χ0) is 17.9. The van der Waals surface area contributed by atoms with Gasteiger partial charge in [0.2, 0.25) is 6.04 Å². The van der Waals surface area contributed by atoms with Gasteiger partial charge in [0, 0.05) is 28.2 Å². The summed E-state index contributed by atoms with van der Waals surface area (Å²) in [5, 5.41) is 22.3. The van der Waals surface area contributed by atoms with Gasteiger partial charge in [0.1, 0.15) is 0 Å². The van der Waals surface area contributed by atoms with Gasteiger partial charge in [0.15, 0.2) is 17.0 Å². The van der Waals surface area contributed by atoms with Crippen molar-refractivity contribution in [1.29, 1.82) is 0 Å². The number of ketones is 2. The summed E-state index contributed by atoms with van der Waals surface area (Å²) >= 11 is 0. The number of rotatable bonds is 3. The minimum Gasteiger partial charge on any atom is -0.293 e. The van der Waals surface area contributed by atoms with Gasteiger partial charge in [-0.2, -0.15) is 0 Å². The van der Waals surface area contributed by atoms with Crippen LogP contribution in [0.5, 0.6) is 0 Å². The first-order valence-electron chi connectivity index (χ1n) is 7.47. The molecule has 0 N–H and O–H groups in total. The normalized spacial score (nSPS) is 22.7. The first kappa shape index (κ1) is 15.1. The highest BCUT2D eigenvalue weighted by Gasteiger charge is 2.84. The third-order valence-corrected chi connectivity index (χ3v) is 5.02. The van der Waals surface area contributed by atoms with Gasteiger partial charge < -0.3 is 0 Å². The summed E-state index contributed by atoms with van der Waals surface area (Å²) in [4.78, 5) is 46.8. The fourth-order valence-electron chi connectivity index (χ4n) is 3.89. The van der Waals surface area contributed by atoms with Crippen molar-refractivity contribution in [3.63, 3.8) is 0 Å². The molecule has 124 valence electrons. The fraction of sp³-hybridized carbons (Fsp3) is 0.176. The van der Waals surface area contributed by atoms with Crippen molar-refractivity contribution in [2.24, 2.45) is 5.41 Å². The van der Waals surface area contributed by atoms with Gasteiger partial charge in [0.05, 0.1) is 10.8 Å². The molecular formula is C17H10N2O6. The highest BCUT2D eigenvalue weighted by atomic mass is 16.6. The lowest BCUT2D eigenvalue weighted by Gasteiger charge is -2.03. The van der Waals surface area contributed by atoms with E-state index in [4.69, 9.17) is 0 Å². The van der Waals surface area contributed by atoms with Gasteiger partial charge in [-0.1, -0.05) is 36.4 Å². The Morgan fingerprint density at radius 3 is 1.80 bits per heavy atom. The summed E-state index contributed by atoms with van der Waals surface area (Å²) in [6.07, 6.45) is 0. The Morgan fingerprint density at radius 2 is 1.36 bits per heavy atom. The largest absolute Gasteiger partial charge is 0.293 e. The lowest BCUT2D eigenvalue weighted by molar-refractivity contribution is -0.500. The third-order valence-electron chi connectivity index (χ3n) is 5.02. The number of benzene rings is 2. The quantitative estimate of drug-likeness (QED) is 0.481. The van der Waals surface area contributed by atoms with Gasteiger partial charge in [-0.05, 0) is 5.56 Å². The molecule has 0 radical (unpaired) electrons. The highest BCUT2D eigenvalue weighted by Crippen LogP contribution is 2.66. The SMILES string of the molecule is O=C1c2ccccc2C(=O)C12[C@@H]([N+](=O)[O-])[C@@H]2c1ccc([N+](=O)[O-])cc1. The monoisotopic (exact) mass is 338 g/mol. The van der Waals surface area contributed by atoms with E-state index in [2.05, 4.69) is 0 Å². The number of carbonyl (C=O) groups is 2. The number of non-ortho nitro benzene ring substituents is 1. The van der Waals surface area contributed by atoms with Crippen molar-refractivity contribution in [3.05, 3.63) is 85.4 Å². The molecule has 2 aliphatic carbocycles. The number of fused-ring (bicyclic) bond motifs is 1. The molecule has 2 aliphatic rings. The maximum Gasteiger partial charge on any atom is 0.269 e. The molecule has 0 saturated heterocycles. The molecule has 2 aromatic carbocycles. The average Bonchev–Trinajstić information content (AvgIpc) is 3.27. The summed E-state index contributed by atoms with van der Waals surface area (Å²) in [5.74, 6) is -2.01. The second kappa shape index (κ2) is 4.79. The topological polar surface area (TPSA) is 120 Å². The highest BCUT2D eigenvalue weighted by molar-refractivity contribution is 6.33. The van der Waals surface area contributed by atoms with E-state index < -0.39 is 38.8 Å². The molecule has 0 aromatic heterocycles. The van der Waals surface area contributed by atoms with Crippen LogP contribution in [0, 0.1) is 25.6 Å². The van der Waals surface area contributed by atoms with Crippen LogP contribution in [0.2, 0.25) is 0 Å². The van der Waals surface area contributed by atoms with Crippen molar-refractivity contribution in [2.75, 3.05) is 0 Å². The molecule has 0 unspecified atom stereocenters. The standard InChI is InChI=1S/C17H10N2O6/c20-15-11-3-1-2-4-12(11)16(21)17(15)13(14(17)19(24)25)9-5-7-10(8-6-9)18(22)23/h1-8,13-14H/t13-,14-/m0/s1. The molecule has 0 amide bonds. The molecule has 1 fully saturated rings. The van der Waals surface area contributed by atoms with Gasteiger partial charge >= 0.3 is 0 Å². The van der Waals surface area contributed by atoms with Gasteiger partial charge in [-0.25, -0.2) is 0 Å². The van der Waals surface area contributed by atoms with Gasteiger partial charge in [-0.15, -0.1) is 0 Å². The van der Waals surface area contributed by atoms with E-state index in [9.17, 15) is 29.8 Å². The van der Waals surface area contributed by atoms with Crippen LogP contribution in [0.25, 0.3) is 0 Å². The van der Waals surface area contributed by atoms with Crippen molar-refractivity contribution in [2.45, 2.75) is 12.0 Å². The Bertz CT molecular complexity index is 930. The minimum absolute atomic E-state index is 0.163. The molecule has 1 saturated carbocycles. The Hall–Kier alpha value is -3.42. The van der Waals surface area contributed by atoms with Crippen LogP contribution < -0.4 is 0 Å². The molecule has 1 spiro atoms. The zero-order valence-electron chi connectivity index (χ0n) is 12.6. The molecule has 25 heavy (non-hydrogen) atoms. The first-order valence-corrected chi connectivity index (χ1v) is 7.47. The van der Waals surface area contributed by atoms with Crippen molar-refractivity contribution < 1.29 is 19.4 Å². The zero-order valence-corrected chi connectivity index (χ0v) is 12.6. The lowest BCUT2D eigenvalue weighted by Crippen LogP contribution is -2.25. The Morgan fingerprint density at radius 1 is 0.840 bits per heavy atom. The summed E-state index contributed by atoms with van der Waals surface area (Å²) in [6, 6.07) is 10.0. The van der Waals surface area contributed by atoms with Crippen LogP contribution in [0.4, 0.5) is 5.69 Å². The molecule has 0 bridgehead atoms. The van der Waals surface area contributed by atoms with E-state index in [1.54, 1.807) is 12.1 Å². The maximum absolute atomic E-state index is 12.8. The van der Waals surface area contributed by atoms with Crippen LogP contribution in [-0.2, 0) is 0 Å². The van der Waals surface area contributed by atoms with E-state index in [0.717, 1.165) is 0 Å². The summed E-state index contributed by atoms with van der Waals surface area (Å²) in [5.41, 5.74) is -1.12. The Kier molecular flexibility index (Phi) is 2.90. The van der Waals surface area contributed by atoms with E-state index in [0.29, 0.717) is 5.56 Å². The number of nitro benzene ring substituents is 1. The predicted octanol–water partition coefficient (Wildman–Crippen LogP) is 2.40. The lowest BCUT2D eigenvalue weighted by atomic mass is 9.93. The van der Waals surface area contributed by atoms with Crippen LogP contribution in [-0.4, -0.2) is 27.5 Å². The number of carbonyl (C=O) groups excluding carboxylic acids is 2. The van der Waals surface area contributed by atoms with Crippen molar-refractivity contribution in [3.8, 4) is 0 Å². The van der Waals surface area contributed by atoms with Crippen LogP contribution >= 0.6 is 0 Å². The third kappa shape index (κ3) is 1.76. The van der Waals surface area contributed by atoms with E-state index in [1.807, 2.05) is 0 Å². The summed E-state index contributed by atoms with van der Waals surface area (Å²) < 4.78 is 0. The van der Waals surface area contributed by atoms with Gasteiger partial charge in [0.25, 0.3) is 5.69 Å². The van der Waals surface area contributed by atoms with Gasteiger partial charge in [-0.3, -0.25) is 29.8 Å². The number of hydrogen-bond donors (Lipinski definition) is 0.